The van der Waals surface area contributed by atoms with Gasteiger partial charge < -0.3 is 11.1 Å². The van der Waals surface area contributed by atoms with Crippen LogP contribution >= 0.6 is 11.3 Å². The number of rotatable bonds is 7. The van der Waals surface area contributed by atoms with Crippen LogP contribution < -0.4 is 11.1 Å². The van der Waals surface area contributed by atoms with Gasteiger partial charge in [-0.15, -0.1) is 11.3 Å². The van der Waals surface area contributed by atoms with Crippen LogP contribution in [0.15, 0.2) is 4.90 Å². The lowest BCUT2D eigenvalue weighted by molar-refractivity contribution is 0.0944. The van der Waals surface area contributed by atoms with Gasteiger partial charge >= 0.3 is 0 Å². The van der Waals surface area contributed by atoms with E-state index in [2.05, 4.69) is 5.32 Å². The minimum atomic E-state index is -3.72. The predicted molar refractivity (Wildman–Crippen MR) is 80.1 cm³/mol. The van der Waals surface area contributed by atoms with Crippen LogP contribution in [-0.2, 0) is 9.84 Å². The van der Waals surface area contributed by atoms with Gasteiger partial charge in [-0.1, -0.05) is 20.8 Å². The molecule has 0 radical (unpaired) electrons. The van der Waals surface area contributed by atoms with E-state index in [1.807, 2.05) is 0 Å². The van der Waals surface area contributed by atoms with Crippen LogP contribution in [-0.4, -0.2) is 32.9 Å². The number of thiophene rings is 1. The second-order valence-electron chi connectivity index (χ2n) is 4.70. The van der Waals surface area contributed by atoms with E-state index in [0.717, 1.165) is 11.3 Å². The molecule has 0 atom stereocenters. The number of hydrogen-bond acceptors (Lipinski definition) is 6. The van der Waals surface area contributed by atoms with E-state index in [1.165, 1.54) is 6.92 Å². The van der Waals surface area contributed by atoms with E-state index in [4.69, 9.17) is 5.73 Å². The molecule has 0 amide bonds. The van der Waals surface area contributed by atoms with Gasteiger partial charge in [-0.3, -0.25) is 4.79 Å². The van der Waals surface area contributed by atoms with E-state index in [0.29, 0.717) is 0 Å². The van der Waals surface area contributed by atoms with Gasteiger partial charge in [-0.25, -0.2) is 17.2 Å². The molecule has 1 rings (SSSR count). The number of nitrogens with one attached hydrogen (secondary N) is 1. The summed E-state index contributed by atoms with van der Waals surface area (Å²) < 4.78 is 48.8. The number of carbonyl (C=O) groups is 1. The summed E-state index contributed by atoms with van der Waals surface area (Å²) in [5, 5.41) is 2.36. The summed E-state index contributed by atoms with van der Waals surface area (Å²) in [6.45, 7) is 4.03. The predicted octanol–water partition coefficient (Wildman–Crippen LogP) is 2.64. The Morgan fingerprint density at radius 1 is 1.38 bits per heavy atom. The van der Waals surface area contributed by atoms with Gasteiger partial charge in [0, 0.05) is 5.92 Å². The molecular weight excluding hydrogens is 322 g/mol. The SMILES string of the molecule is CCS(=O)(=O)c1c(NCC(F)F)sc(C(=O)C(C)C)c1N. The van der Waals surface area contributed by atoms with Crippen LogP contribution in [0.2, 0.25) is 0 Å². The van der Waals surface area contributed by atoms with Crippen molar-refractivity contribution in [2.75, 3.05) is 23.3 Å². The fourth-order valence-electron chi connectivity index (χ4n) is 1.61. The summed E-state index contributed by atoms with van der Waals surface area (Å²) in [5.41, 5.74) is 5.64. The van der Waals surface area contributed by atoms with Crippen LogP contribution in [0.5, 0.6) is 0 Å². The molecule has 0 bridgehead atoms. The summed E-state index contributed by atoms with van der Waals surface area (Å²) in [6, 6.07) is 0. The summed E-state index contributed by atoms with van der Waals surface area (Å²) in [5.74, 6) is -0.909. The zero-order chi connectivity index (χ0) is 16.4. The molecule has 0 fully saturated rings. The Hall–Kier alpha value is -1.22. The molecule has 0 aromatic carbocycles. The molecule has 3 N–H and O–H groups in total. The number of sulfone groups is 1. The van der Waals surface area contributed by atoms with E-state index in [-0.39, 0.29) is 37.9 Å². The summed E-state index contributed by atoms with van der Waals surface area (Å²) in [6.07, 6.45) is -2.64. The average Bonchev–Trinajstić information content (AvgIpc) is 2.72. The van der Waals surface area contributed by atoms with Crippen molar-refractivity contribution in [1.29, 1.82) is 0 Å². The smallest absolute Gasteiger partial charge is 0.255 e. The molecule has 1 aromatic rings. The third-order valence-corrected chi connectivity index (χ3v) is 5.87. The molecule has 0 saturated carbocycles. The standard InChI is InChI=1S/C12H18F2N2O3S2/c1-4-21(18,19)11-8(15)10(9(17)6(2)3)20-12(11)16-5-7(13)14/h6-7,16H,4-5,15H2,1-3H3. The highest BCUT2D eigenvalue weighted by Crippen LogP contribution is 2.40. The lowest BCUT2D eigenvalue weighted by Gasteiger charge is -2.07. The van der Waals surface area contributed by atoms with Gasteiger partial charge in [0.05, 0.1) is 22.9 Å². The molecule has 21 heavy (non-hydrogen) atoms. The Labute approximate surface area is 126 Å². The first kappa shape index (κ1) is 17.8. The molecule has 0 aliphatic carbocycles. The van der Waals surface area contributed by atoms with Crippen molar-refractivity contribution in [2.45, 2.75) is 32.1 Å². The van der Waals surface area contributed by atoms with E-state index < -0.39 is 22.8 Å². The number of carbonyl (C=O) groups excluding carboxylic acids is 1. The van der Waals surface area contributed by atoms with Crippen LogP contribution in [0.4, 0.5) is 19.5 Å². The third-order valence-electron chi connectivity index (χ3n) is 2.76. The summed E-state index contributed by atoms with van der Waals surface area (Å²) in [4.78, 5) is 11.9. The second-order valence-corrected chi connectivity index (χ2v) is 7.93. The number of halogens is 2. The number of alkyl halides is 2. The van der Waals surface area contributed by atoms with Crippen molar-refractivity contribution < 1.29 is 22.0 Å². The minimum Gasteiger partial charge on any atom is -0.396 e. The number of anilines is 2. The van der Waals surface area contributed by atoms with E-state index in [1.54, 1.807) is 13.8 Å². The molecule has 9 heteroatoms. The molecule has 0 spiro atoms. The Balaban J connectivity index is 3.41. The first-order valence-electron chi connectivity index (χ1n) is 6.33. The highest BCUT2D eigenvalue weighted by Gasteiger charge is 2.29. The number of ketones is 1. The van der Waals surface area contributed by atoms with Gasteiger partial charge in [0.2, 0.25) is 0 Å². The van der Waals surface area contributed by atoms with E-state index in [9.17, 15) is 22.0 Å². The fourth-order valence-corrected chi connectivity index (χ4v) is 4.37. The first-order chi connectivity index (χ1) is 9.61. The maximum absolute atomic E-state index is 12.3. The molecule has 0 saturated heterocycles. The van der Waals surface area contributed by atoms with Crippen molar-refractivity contribution in [1.82, 2.24) is 0 Å². The maximum Gasteiger partial charge on any atom is 0.255 e. The summed E-state index contributed by atoms with van der Waals surface area (Å²) >= 11 is 0.809. The number of nitrogens with two attached hydrogens (primary N) is 1. The van der Waals surface area contributed by atoms with Crippen molar-refractivity contribution in [3.63, 3.8) is 0 Å². The zero-order valence-corrected chi connectivity index (χ0v) is 13.6. The van der Waals surface area contributed by atoms with Crippen molar-refractivity contribution in [3.05, 3.63) is 4.88 Å². The van der Waals surface area contributed by atoms with Gasteiger partial charge in [-0.05, 0) is 0 Å². The third kappa shape index (κ3) is 3.91. The zero-order valence-electron chi connectivity index (χ0n) is 11.9. The Bertz CT molecular complexity index is 625. The highest BCUT2D eigenvalue weighted by atomic mass is 32.2. The Morgan fingerprint density at radius 2 is 1.95 bits per heavy atom. The van der Waals surface area contributed by atoms with Crippen molar-refractivity contribution in [2.24, 2.45) is 5.92 Å². The lowest BCUT2D eigenvalue weighted by Crippen LogP contribution is -2.14. The molecule has 0 unspecified atom stereocenters. The molecule has 0 aliphatic heterocycles. The van der Waals surface area contributed by atoms with Crippen molar-refractivity contribution in [3.8, 4) is 0 Å². The molecular formula is C12H18F2N2O3S2. The maximum atomic E-state index is 12.3. The number of hydrogen-bond donors (Lipinski definition) is 2. The Morgan fingerprint density at radius 3 is 2.38 bits per heavy atom. The van der Waals surface area contributed by atoms with Crippen LogP contribution in [0.3, 0.4) is 0 Å². The average molecular weight is 340 g/mol. The van der Waals surface area contributed by atoms with Crippen molar-refractivity contribution >= 4 is 37.6 Å². The number of nitrogen functional groups attached to an aromatic ring is 1. The fraction of sp³-hybridized carbons (Fsp3) is 0.583. The second kappa shape index (κ2) is 6.69. The normalized spacial score (nSPS) is 12.1. The molecule has 120 valence electrons. The highest BCUT2D eigenvalue weighted by molar-refractivity contribution is 7.91. The van der Waals surface area contributed by atoms with Gasteiger partial charge in [0.15, 0.2) is 15.6 Å². The summed E-state index contributed by atoms with van der Waals surface area (Å²) in [7, 11) is -3.72. The Kier molecular flexibility index (Phi) is 5.68. The quantitative estimate of drug-likeness (QED) is 0.745. The van der Waals surface area contributed by atoms with E-state index >= 15 is 0 Å². The van der Waals surface area contributed by atoms with Crippen LogP contribution in [0, 0.1) is 5.92 Å². The molecule has 0 aliphatic rings. The van der Waals surface area contributed by atoms with Crippen LogP contribution in [0.25, 0.3) is 0 Å². The van der Waals surface area contributed by atoms with Crippen LogP contribution in [0.1, 0.15) is 30.4 Å². The largest absolute Gasteiger partial charge is 0.396 e. The molecule has 5 nitrogen and oxygen atoms in total. The molecule has 1 heterocycles. The first-order valence-corrected chi connectivity index (χ1v) is 8.79. The van der Waals surface area contributed by atoms with Gasteiger partial charge in [-0.2, -0.15) is 0 Å². The lowest BCUT2D eigenvalue weighted by atomic mass is 10.1. The monoisotopic (exact) mass is 340 g/mol. The molecule has 1 aromatic heterocycles. The van der Waals surface area contributed by atoms with Gasteiger partial charge in [0.25, 0.3) is 6.43 Å². The van der Waals surface area contributed by atoms with Gasteiger partial charge in [0.1, 0.15) is 9.90 Å². The topological polar surface area (TPSA) is 89.3 Å². The minimum absolute atomic E-state index is 0.00125. The number of Topliss-reactive ketones (excluding diaryl/α,β-unsaturated/α-hetero) is 1.